The van der Waals surface area contributed by atoms with Gasteiger partial charge in [0.05, 0.1) is 13.1 Å². The number of rotatable bonds is 30. The van der Waals surface area contributed by atoms with Gasteiger partial charge in [0.1, 0.15) is 44.0 Å². The molecule has 0 bridgehead atoms. The fraction of sp³-hybridized carbons (Fsp3) is 0.838. The number of hydrogen-bond acceptors (Lipinski definition) is 1. The summed E-state index contributed by atoms with van der Waals surface area (Å²) in [6.07, 6.45) is 45.8. The molecule has 0 fully saturated rings. The van der Waals surface area contributed by atoms with E-state index in [1.165, 1.54) is 154 Å². The van der Waals surface area contributed by atoms with E-state index in [0.29, 0.717) is 13.1 Å². The topological polar surface area (TPSA) is 37.9 Å². The van der Waals surface area contributed by atoms with Crippen LogP contribution in [0.4, 0.5) is 0 Å². The van der Waals surface area contributed by atoms with Crippen molar-refractivity contribution < 1.29 is 39.1 Å². The maximum Gasteiger partial charge on any atom is 0.243 e. The van der Waals surface area contributed by atoms with Gasteiger partial charge >= 0.3 is 0 Å². The molecule has 0 atom stereocenters. The van der Waals surface area contributed by atoms with Gasteiger partial charge in [0.15, 0.2) is 0 Å². The highest BCUT2D eigenvalue weighted by molar-refractivity contribution is 4.68. The molecule has 0 unspecified atom stereocenters. The molecular weight excluding hydrogens is 587 g/mol. The highest BCUT2D eigenvalue weighted by Crippen LogP contribution is 2.13. The highest BCUT2D eigenvalue weighted by atomic mass is 35.5. The van der Waals surface area contributed by atoms with E-state index in [2.05, 4.69) is 69.6 Å². The van der Waals surface area contributed by atoms with E-state index in [1.807, 2.05) is 0 Å². The lowest BCUT2D eigenvalue weighted by molar-refractivity contribution is -0.737. The van der Waals surface area contributed by atoms with Gasteiger partial charge in [-0.3, -0.25) is 0 Å². The summed E-state index contributed by atoms with van der Waals surface area (Å²) in [5, 5.41) is 10.7. The largest absolute Gasteiger partial charge is 1.00 e. The Morgan fingerprint density at radius 2 is 0.727 bits per heavy atom. The number of hydrogen-bond donors (Lipinski definition) is 1. The van der Waals surface area contributed by atoms with E-state index in [-0.39, 0.29) is 30.9 Å². The summed E-state index contributed by atoms with van der Waals surface area (Å²) in [6, 6.07) is 0. The summed E-state index contributed by atoms with van der Waals surface area (Å²) in [5.41, 5.74) is 0. The molecule has 7 heteroatoms. The number of nitrogens with zero attached hydrogens (tertiary/aromatic N) is 4. The summed E-state index contributed by atoms with van der Waals surface area (Å²) in [6.45, 7) is 8.02. The Hall–Kier alpha value is -1.04. The Bertz CT molecular complexity index is 788. The number of aliphatic hydroxyl groups is 1. The van der Waals surface area contributed by atoms with Gasteiger partial charge in [0, 0.05) is 0 Å². The van der Waals surface area contributed by atoms with Crippen LogP contribution >= 0.6 is 0 Å². The molecule has 2 aromatic heterocycles. The minimum atomic E-state index is -0.384. The molecule has 0 aliphatic heterocycles. The van der Waals surface area contributed by atoms with Crippen LogP contribution in [0, 0.1) is 0 Å². The van der Waals surface area contributed by atoms with Crippen LogP contribution in [-0.4, -0.2) is 20.3 Å². The second kappa shape index (κ2) is 30.6. The molecule has 0 spiro atoms. The molecule has 258 valence electrons. The van der Waals surface area contributed by atoms with Crippen LogP contribution in [0.5, 0.6) is 0 Å². The monoisotopic (exact) mass is 656 g/mol. The van der Waals surface area contributed by atoms with Crippen molar-refractivity contribution >= 4 is 0 Å². The molecule has 0 amide bonds. The zero-order valence-corrected chi connectivity index (χ0v) is 30.3. The summed E-state index contributed by atoms with van der Waals surface area (Å²) in [5.74, 6) is 0. The molecule has 2 rings (SSSR count). The molecule has 0 saturated heterocycles. The zero-order valence-electron chi connectivity index (χ0n) is 28.8. The SMILES string of the molecule is CCCCCCCCCCCCCCn1cc[n+](CC(O)C[n+]2ccn(CCCCCCCCCCCCCC)c2)c1.[Cl-].[Cl-]. The highest BCUT2D eigenvalue weighted by Gasteiger charge is 2.15. The van der Waals surface area contributed by atoms with Gasteiger partial charge in [0.25, 0.3) is 0 Å². The first-order valence-electron chi connectivity index (χ1n) is 18.5. The molecule has 1 N–H and O–H groups in total. The van der Waals surface area contributed by atoms with E-state index in [0.717, 1.165) is 13.1 Å². The molecule has 0 saturated carbocycles. The molecule has 5 nitrogen and oxygen atoms in total. The Balaban J connectivity index is 0.00000924. The van der Waals surface area contributed by atoms with Crippen molar-refractivity contribution in [1.82, 2.24) is 9.13 Å². The summed E-state index contributed by atoms with van der Waals surface area (Å²) in [7, 11) is 0. The molecule has 0 aliphatic carbocycles. The Labute approximate surface area is 285 Å². The molecule has 0 aliphatic rings. The summed E-state index contributed by atoms with van der Waals surface area (Å²) in [4.78, 5) is 0. The van der Waals surface area contributed by atoms with Crippen LogP contribution in [0.25, 0.3) is 0 Å². The lowest BCUT2D eigenvalue weighted by Crippen LogP contribution is -3.00. The van der Waals surface area contributed by atoms with Crippen LogP contribution < -0.4 is 33.9 Å². The van der Waals surface area contributed by atoms with Gasteiger partial charge in [0.2, 0.25) is 12.7 Å². The second-order valence-electron chi connectivity index (χ2n) is 13.1. The Morgan fingerprint density at radius 1 is 0.455 bits per heavy atom. The van der Waals surface area contributed by atoms with Gasteiger partial charge < -0.3 is 29.9 Å². The quantitative estimate of drug-likeness (QED) is 0.102. The lowest BCUT2D eigenvalue weighted by atomic mass is 10.1. The predicted molar refractivity (Wildman–Crippen MR) is 177 cm³/mol. The van der Waals surface area contributed by atoms with Gasteiger partial charge in [-0.25, -0.2) is 18.3 Å². The van der Waals surface area contributed by atoms with Gasteiger partial charge in [-0.1, -0.05) is 142 Å². The normalized spacial score (nSPS) is 11.2. The average Bonchev–Trinajstić information content (AvgIpc) is 3.63. The number of aliphatic hydroxyl groups excluding tert-OH is 1. The van der Waals surface area contributed by atoms with Crippen molar-refractivity contribution in [3.63, 3.8) is 0 Å². The van der Waals surface area contributed by atoms with Crippen molar-refractivity contribution in [2.75, 3.05) is 0 Å². The van der Waals surface area contributed by atoms with E-state index in [1.54, 1.807) is 0 Å². The third-order valence-electron chi connectivity index (χ3n) is 8.88. The molecule has 44 heavy (non-hydrogen) atoms. The van der Waals surface area contributed by atoms with Crippen LogP contribution in [-0.2, 0) is 26.2 Å². The van der Waals surface area contributed by atoms with Crippen molar-refractivity contribution in [3.8, 4) is 0 Å². The van der Waals surface area contributed by atoms with Crippen molar-refractivity contribution in [1.29, 1.82) is 0 Å². The minimum Gasteiger partial charge on any atom is -1.00 e. The number of aryl methyl sites for hydroxylation is 2. The van der Waals surface area contributed by atoms with Crippen LogP contribution in [0.1, 0.15) is 168 Å². The maximum absolute atomic E-state index is 10.7. The number of imidazole rings is 2. The van der Waals surface area contributed by atoms with Gasteiger partial charge in [-0.05, 0) is 25.7 Å². The van der Waals surface area contributed by atoms with E-state index in [4.69, 9.17) is 0 Å². The fourth-order valence-electron chi connectivity index (χ4n) is 6.17. The van der Waals surface area contributed by atoms with Crippen molar-refractivity contribution in [2.45, 2.75) is 200 Å². The zero-order chi connectivity index (χ0) is 29.9. The second-order valence-corrected chi connectivity index (χ2v) is 13.1. The molecular formula is C37H70Cl2N4O. The summed E-state index contributed by atoms with van der Waals surface area (Å²) >= 11 is 0. The first-order valence-corrected chi connectivity index (χ1v) is 18.5. The average molecular weight is 658 g/mol. The van der Waals surface area contributed by atoms with E-state index < -0.39 is 0 Å². The maximum atomic E-state index is 10.7. The lowest BCUT2D eigenvalue weighted by Gasteiger charge is -2.05. The predicted octanol–water partition coefficient (Wildman–Crippen LogP) is 3.34. The fourth-order valence-corrected chi connectivity index (χ4v) is 6.17. The number of halogens is 2. The number of aromatic nitrogens is 4. The Morgan fingerprint density at radius 3 is 1.02 bits per heavy atom. The smallest absolute Gasteiger partial charge is 0.243 e. The first kappa shape index (κ1) is 43.0. The van der Waals surface area contributed by atoms with E-state index >= 15 is 0 Å². The van der Waals surface area contributed by atoms with Crippen LogP contribution in [0.2, 0.25) is 0 Å². The third kappa shape index (κ3) is 23.3. The molecule has 2 heterocycles. The van der Waals surface area contributed by atoms with Crippen molar-refractivity contribution in [3.05, 3.63) is 37.4 Å². The first-order chi connectivity index (χ1) is 20.7. The standard InChI is InChI=1S/C37H70N4O.2ClH/c1-3-5-7-9-11-13-15-17-19-21-23-25-27-38-29-31-40(35-38)33-37(42)34-41-32-30-39(36-41)28-26-24-22-20-18-16-14-12-10-8-6-4-2;;/h29-32,35-37,42H,3-28,33-34H2,1-2H3;2*1H/q+2;;/p-2. The van der Waals surface area contributed by atoms with Gasteiger partial charge in [-0.2, -0.15) is 0 Å². The van der Waals surface area contributed by atoms with Crippen LogP contribution in [0.15, 0.2) is 37.4 Å². The third-order valence-corrected chi connectivity index (χ3v) is 8.88. The van der Waals surface area contributed by atoms with Crippen LogP contribution in [0.3, 0.4) is 0 Å². The minimum absolute atomic E-state index is 0. The van der Waals surface area contributed by atoms with E-state index in [9.17, 15) is 5.11 Å². The molecule has 0 aromatic carbocycles. The molecule has 0 radical (unpaired) electrons. The Kier molecular flexibility index (Phi) is 29.9. The van der Waals surface area contributed by atoms with Gasteiger partial charge in [-0.15, -0.1) is 0 Å². The summed E-state index contributed by atoms with van der Waals surface area (Å²) < 4.78 is 8.83. The molecule has 2 aromatic rings. The number of unbranched alkanes of at least 4 members (excludes halogenated alkanes) is 22. The van der Waals surface area contributed by atoms with Crippen molar-refractivity contribution in [2.24, 2.45) is 0 Å².